The van der Waals surface area contributed by atoms with Crippen molar-refractivity contribution in [1.82, 2.24) is 9.55 Å². The summed E-state index contributed by atoms with van der Waals surface area (Å²) < 4.78 is 31.3. The Bertz CT molecular complexity index is 988. The number of nitrogens with zero attached hydrogens (tertiary/aromatic N) is 4. The van der Waals surface area contributed by atoms with Gasteiger partial charge in [0.15, 0.2) is 11.5 Å². The number of hydrogen-bond donors (Lipinski definition) is 0. The molecule has 0 aliphatic rings. The predicted octanol–water partition coefficient (Wildman–Crippen LogP) is 3.14. The molecule has 2 rings (SSSR count). The van der Waals surface area contributed by atoms with Crippen molar-refractivity contribution in [2.45, 2.75) is 19.6 Å². The van der Waals surface area contributed by atoms with Gasteiger partial charge in [0.2, 0.25) is 0 Å². The van der Waals surface area contributed by atoms with E-state index in [4.69, 9.17) is 27.4 Å². The van der Waals surface area contributed by atoms with Crippen molar-refractivity contribution in [1.29, 1.82) is 0 Å². The largest absolute Gasteiger partial charge is 0.382 e. The van der Waals surface area contributed by atoms with Crippen LogP contribution in [0, 0.1) is 24.0 Å². The Morgan fingerprint density at radius 2 is 1.86 bits per heavy atom. The average molecular weight is 465 g/mol. The smallest absolute Gasteiger partial charge is 0.347 e. The molecule has 0 unspecified atom stereocenters. The summed E-state index contributed by atoms with van der Waals surface area (Å²) in [6, 6.07) is 4.83. The molecule has 0 atom stereocenters. The zero-order chi connectivity index (χ0) is 21.8. The number of anilines is 1. The maximum atomic E-state index is 12.5. The normalized spacial score (nSPS) is 11.5. The second-order valence-electron chi connectivity index (χ2n) is 6.34. The highest BCUT2D eigenvalue weighted by molar-refractivity contribution is 7.86. The molecule has 1 aromatic carbocycles. The van der Waals surface area contributed by atoms with E-state index in [0.29, 0.717) is 30.7 Å². The molecule has 1 heterocycles. The highest BCUT2D eigenvalue weighted by Crippen LogP contribution is 2.27. The summed E-state index contributed by atoms with van der Waals surface area (Å²) in [5.41, 5.74) is 1.48. The van der Waals surface area contributed by atoms with Crippen molar-refractivity contribution in [2.24, 2.45) is 7.05 Å². The van der Waals surface area contributed by atoms with Gasteiger partial charge in [-0.15, -0.1) is 23.2 Å². The van der Waals surface area contributed by atoms with Crippen LogP contribution in [0.1, 0.15) is 17.1 Å². The first kappa shape index (κ1) is 23.2. The first-order valence-electron chi connectivity index (χ1n) is 8.66. The fraction of sp³-hybridized carbons (Fsp3) is 0.471. The molecule has 0 radical (unpaired) electrons. The number of halogens is 2. The van der Waals surface area contributed by atoms with E-state index >= 15 is 0 Å². The highest BCUT2D eigenvalue weighted by Gasteiger charge is 2.28. The molecule has 0 bridgehead atoms. The third kappa shape index (κ3) is 5.74. The lowest BCUT2D eigenvalue weighted by Gasteiger charge is -2.25. The van der Waals surface area contributed by atoms with Crippen LogP contribution in [0.25, 0.3) is 0 Å². The van der Waals surface area contributed by atoms with Gasteiger partial charge in [0.05, 0.1) is 7.05 Å². The van der Waals surface area contributed by atoms with Crippen LogP contribution in [-0.4, -0.2) is 47.7 Å². The molecule has 0 fully saturated rings. The van der Waals surface area contributed by atoms with Crippen LogP contribution >= 0.6 is 23.2 Å². The highest BCUT2D eigenvalue weighted by atomic mass is 35.5. The Kier molecular flexibility index (Phi) is 7.73. The number of aromatic nitrogens is 2. The van der Waals surface area contributed by atoms with Gasteiger partial charge in [0, 0.05) is 37.5 Å². The van der Waals surface area contributed by atoms with Crippen molar-refractivity contribution in [3.8, 4) is 5.75 Å². The predicted molar refractivity (Wildman–Crippen MR) is 113 cm³/mol. The number of hydrogen-bond acceptors (Lipinski definition) is 7. The zero-order valence-electron chi connectivity index (χ0n) is 16.3. The van der Waals surface area contributed by atoms with Crippen LogP contribution < -0.4 is 9.08 Å². The second kappa shape index (κ2) is 9.64. The number of imidazole rings is 1. The molecule has 0 saturated carbocycles. The van der Waals surface area contributed by atoms with Gasteiger partial charge in [-0.25, -0.2) is 9.55 Å². The molecule has 0 spiro atoms. The first-order valence-corrected chi connectivity index (χ1v) is 11.3. The Morgan fingerprint density at radius 3 is 2.38 bits per heavy atom. The van der Waals surface area contributed by atoms with Gasteiger partial charge < -0.3 is 19.2 Å². The van der Waals surface area contributed by atoms with E-state index in [1.165, 1.54) is 17.7 Å². The van der Waals surface area contributed by atoms with Gasteiger partial charge in [-0.1, -0.05) is 0 Å². The molecule has 9 nitrogen and oxygen atoms in total. The summed E-state index contributed by atoms with van der Waals surface area (Å²) in [7, 11) is -2.70. The van der Waals surface area contributed by atoms with E-state index in [9.17, 15) is 18.5 Å². The quantitative estimate of drug-likeness (QED) is 0.230. The molecule has 0 N–H and O–H groups in total. The first-order chi connectivity index (χ1) is 13.6. The SMILES string of the molecule is Cc1cc(OS(=O)(=O)Cc2nc(C)n(C)c2[N+](=O)[O-])ccc1N(CCCl)CCCl. The number of rotatable bonds is 10. The molecule has 12 heteroatoms. The van der Waals surface area contributed by atoms with Crippen LogP contribution in [0.2, 0.25) is 0 Å². The lowest BCUT2D eigenvalue weighted by atomic mass is 10.1. The maximum absolute atomic E-state index is 12.5. The summed E-state index contributed by atoms with van der Waals surface area (Å²) in [5, 5.41) is 11.2. The Labute approximate surface area is 179 Å². The monoisotopic (exact) mass is 464 g/mol. The van der Waals surface area contributed by atoms with Crippen molar-refractivity contribution in [3.05, 3.63) is 45.4 Å². The van der Waals surface area contributed by atoms with Crippen LogP contribution in [-0.2, 0) is 22.9 Å². The standard InChI is InChI=1S/C17H22Cl2N4O5S/c1-12-10-14(4-5-16(12)22(8-6-18)9-7-19)28-29(26,27)11-15-17(23(24)25)21(3)13(2)20-15/h4-5,10H,6-9,11H2,1-3H3. The Morgan fingerprint density at radius 1 is 1.24 bits per heavy atom. The maximum Gasteiger partial charge on any atom is 0.347 e. The number of aryl methyl sites for hydroxylation is 2. The summed E-state index contributed by atoms with van der Waals surface area (Å²) >= 11 is 11.7. The van der Waals surface area contributed by atoms with E-state index in [1.807, 2.05) is 11.8 Å². The Balaban J connectivity index is 2.24. The lowest BCUT2D eigenvalue weighted by molar-refractivity contribution is -0.392. The molecule has 1 aromatic heterocycles. The molecular weight excluding hydrogens is 443 g/mol. The molecule has 0 aliphatic heterocycles. The van der Waals surface area contributed by atoms with Crippen molar-refractivity contribution < 1.29 is 17.5 Å². The van der Waals surface area contributed by atoms with E-state index in [0.717, 1.165) is 11.3 Å². The molecule has 29 heavy (non-hydrogen) atoms. The minimum Gasteiger partial charge on any atom is -0.382 e. The fourth-order valence-electron chi connectivity index (χ4n) is 2.93. The lowest BCUT2D eigenvalue weighted by Crippen LogP contribution is -2.28. The third-order valence-corrected chi connectivity index (χ3v) is 5.70. The van der Waals surface area contributed by atoms with Gasteiger partial charge >= 0.3 is 15.9 Å². The zero-order valence-corrected chi connectivity index (χ0v) is 18.6. The number of nitro groups is 1. The molecule has 160 valence electrons. The summed E-state index contributed by atoms with van der Waals surface area (Å²) in [5.74, 6) is 0.199. The molecular formula is C17H22Cl2N4O5S. The molecule has 0 amide bonds. The van der Waals surface area contributed by atoms with E-state index in [-0.39, 0.29) is 17.3 Å². The number of benzene rings is 1. The van der Waals surface area contributed by atoms with E-state index < -0.39 is 20.8 Å². The summed E-state index contributed by atoms with van der Waals surface area (Å²) in [6.45, 7) is 4.56. The summed E-state index contributed by atoms with van der Waals surface area (Å²) in [4.78, 5) is 16.6. The van der Waals surface area contributed by atoms with E-state index in [2.05, 4.69) is 4.98 Å². The van der Waals surface area contributed by atoms with Gasteiger partial charge in [-0.2, -0.15) is 8.42 Å². The van der Waals surface area contributed by atoms with Crippen molar-refractivity contribution in [2.75, 3.05) is 29.7 Å². The van der Waals surface area contributed by atoms with Crippen molar-refractivity contribution >= 4 is 44.8 Å². The van der Waals surface area contributed by atoms with Crippen LogP contribution in [0.5, 0.6) is 5.75 Å². The fourth-order valence-corrected chi connectivity index (χ4v) is 4.32. The second-order valence-corrected chi connectivity index (χ2v) is 8.67. The van der Waals surface area contributed by atoms with E-state index in [1.54, 1.807) is 19.1 Å². The molecule has 0 aliphatic carbocycles. The van der Waals surface area contributed by atoms with Gasteiger partial charge in [0.1, 0.15) is 11.5 Å². The molecule has 2 aromatic rings. The minimum absolute atomic E-state index is 0.109. The van der Waals surface area contributed by atoms with Crippen LogP contribution in [0.15, 0.2) is 18.2 Å². The molecule has 0 saturated heterocycles. The number of alkyl halides is 2. The van der Waals surface area contributed by atoms with Gasteiger partial charge in [-0.3, -0.25) is 0 Å². The van der Waals surface area contributed by atoms with Gasteiger partial charge in [-0.05, 0) is 35.6 Å². The third-order valence-electron chi connectivity index (χ3n) is 4.29. The van der Waals surface area contributed by atoms with Gasteiger partial charge in [0.25, 0.3) is 0 Å². The van der Waals surface area contributed by atoms with Crippen molar-refractivity contribution in [3.63, 3.8) is 0 Å². The average Bonchev–Trinajstić information content (AvgIpc) is 2.87. The Hall–Kier alpha value is -2.04. The topological polar surface area (TPSA) is 108 Å². The van der Waals surface area contributed by atoms with Crippen LogP contribution in [0.3, 0.4) is 0 Å². The van der Waals surface area contributed by atoms with Crippen LogP contribution in [0.4, 0.5) is 11.5 Å². The summed E-state index contributed by atoms with van der Waals surface area (Å²) in [6.07, 6.45) is 0. The minimum atomic E-state index is -4.15.